The fraction of sp³-hybridized carbons (Fsp3) is 0.533. The molecule has 2 N–H and O–H groups in total. The molecule has 9 heteroatoms. The zero-order chi connectivity index (χ0) is 16.4. The fourth-order valence-electron chi connectivity index (χ4n) is 2.90. The number of fused-ring (bicyclic) bond motifs is 1. The predicted molar refractivity (Wildman–Crippen MR) is 97.2 cm³/mol. The number of hydrogen-bond acceptors (Lipinski definition) is 5. The first-order valence-electron chi connectivity index (χ1n) is 7.57. The van der Waals surface area contributed by atoms with Crippen LogP contribution in [0.1, 0.15) is 17.5 Å². The Morgan fingerprint density at radius 1 is 1.42 bits per heavy atom. The Morgan fingerprint density at radius 3 is 2.92 bits per heavy atom. The lowest BCUT2D eigenvalue weighted by Crippen LogP contribution is -2.25. The smallest absolute Gasteiger partial charge is 0.234 e. The van der Waals surface area contributed by atoms with E-state index in [9.17, 15) is 17.6 Å². The number of carbonyl (C=O) groups is 1. The molecule has 0 aliphatic carbocycles. The molecule has 0 bridgehead atoms. The molecule has 24 heavy (non-hydrogen) atoms. The number of hydrogen-bond donors (Lipinski definition) is 2. The van der Waals surface area contributed by atoms with Crippen LogP contribution in [-0.2, 0) is 27.6 Å². The maximum absolute atomic E-state index is 14.4. The Kier molecular flexibility index (Phi) is 6.52. The number of carbonyl (C=O) groups excluding carboxylic acids is 1. The van der Waals surface area contributed by atoms with Crippen molar-refractivity contribution >= 4 is 45.6 Å². The van der Waals surface area contributed by atoms with E-state index in [1.54, 1.807) is 6.07 Å². The summed E-state index contributed by atoms with van der Waals surface area (Å²) in [6, 6.07) is 3.42. The zero-order valence-electron chi connectivity index (χ0n) is 13.0. The average Bonchev–Trinajstić information content (AvgIpc) is 2.88. The van der Waals surface area contributed by atoms with E-state index in [4.69, 9.17) is 0 Å². The van der Waals surface area contributed by atoms with Gasteiger partial charge in [-0.2, -0.15) is 0 Å². The van der Waals surface area contributed by atoms with Crippen molar-refractivity contribution in [3.63, 3.8) is 0 Å². The molecule has 0 spiro atoms. The Balaban J connectivity index is 0.00000208. The Morgan fingerprint density at radius 2 is 2.21 bits per heavy atom. The van der Waals surface area contributed by atoms with E-state index >= 15 is 0 Å². The molecule has 0 saturated carbocycles. The lowest BCUT2D eigenvalue weighted by Gasteiger charge is -2.19. The number of sulfone groups is 1. The number of benzene rings is 1. The first-order chi connectivity index (χ1) is 10.9. The van der Waals surface area contributed by atoms with Crippen LogP contribution in [-0.4, -0.2) is 43.4 Å². The minimum absolute atomic E-state index is 0. The van der Waals surface area contributed by atoms with E-state index in [0.29, 0.717) is 24.9 Å². The van der Waals surface area contributed by atoms with E-state index in [0.717, 1.165) is 12.1 Å². The summed E-state index contributed by atoms with van der Waals surface area (Å²) in [7, 11) is -2.94. The van der Waals surface area contributed by atoms with Gasteiger partial charge in [0.25, 0.3) is 0 Å². The third-order valence-corrected chi connectivity index (χ3v) is 7.40. The van der Waals surface area contributed by atoms with Crippen LogP contribution in [0.3, 0.4) is 0 Å². The van der Waals surface area contributed by atoms with E-state index in [-0.39, 0.29) is 52.3 Å². The summed E-state index contributed by atoms with van der Waals surface area (Å²) < 4.78 is 37.2. The van der Waals surface area contributed by atoms with Crippen molar-refractivity contribution in [2.24, 2.45) is 0 Å². The van der Waals surface area contributed by atoms with E-state index in [2.05, 4.69) is 10.6 Å². The van der Waals surface area contributed by atoms with Gasteiger partial charge in [-0.1, -0.05) is 6.07 Å². The SMILES string of the molecule is Cl.O=C(CSC1CCS(=O)(=O)C1)Nc1ccc2c(c1F)CCNC2. The Bertz CT molecular complexity index is 728. The van der Waals surface area contributed by atoms with Crippen LogP contribution in [0.15, 0.2) is 12.1 Å². The van der Waals surface area contributed by atoms with Gasteiger partial charge in [-0.15, -0.1) is 24.2 Å². The van der Waals surface area contributed by atoms with Gasteiger partial charge in [0.1, 0.15) is 5.82 Å². The largest absolute Gasteiger partial charge is 0.323 e. The maximum Gasteiger partial charge on any atom is 0.234 e. The molecule has 1 amide bonds. The minimum Gasteiger partial charge on any atom is -0.323 e. The van der Waals surface area contributed by atoms with Crippen LogP contribution in [0, 0.1) is 5.82 Å². The predicted octanol–water partition coefficient (Wildman–Crippen LogP) is 1.75. The number of halogens is 2. The highest BCUT2D eigenvalue weighted by atomic mass is 35.5. The van der Waals surface area contributed by atoms with Gasteiger partial charge >= 0.3 is 0 Å². The van der Waals surface area contributed by atoms with E-state index in [1.165, 1.54) is 11.8 Å². The lowest BCUT2D eigenvalue weighted by atomic mass is 9.99. The summed E-state index contributed by atoms with van der Waals surface area (Å²) in [5.74, 6) is -0.193. The van der Waals surface area contributed by atoms with Gasteiger partial charge in [0.15, 0.2) is 9.84 Å². The third kappa shape index (κ3) is 4.62. The van der Waals surface area contributed by atoms with Crippen molar-refractivity contribution in [1.29, 1.82) is 0 Å². The molecule has 1 aromatic rings. The van der Waals surface area contributed by atoms with E-state index < -0.39 is 9.84 Å². The molecule has 1 saturated heterocycles. The number of nitrogens with one attached hydrogen (secondary N) is 2. The van der Waals surface area contributed by atoms with Gasteiger partial charge < -0.3 is 10.6 Å². The van der Waals surface area contributed by atoms with Crippen LogP contribution >= 0.6 is 24.2 Å². The van der Waals surface area contributed by atoms with Crippen molar-refractivity contribution < 1.29 is 17.6 Å². The minimum atomic E-state index is -2.94. The lowest BCUT2D eigenvalue weighted by molar-refractivity contribution is -0.113. The second kappa shape index (κ2) is 8.03. The number of thioether (sulfide) groups is 1. The molecule has 0 radical (unpaired) electrons. The average molecular weight is 395 g/mol. The number of rotatable bonds is 4. The molecule has 1 atom stereocenters. The highest BCUT2D eigenvalue weighted by molar-refractivity contribution is 8.02. The molecule has 0 aromatic heterocycles. The summed E-state index contributed by atoms with van der Waals surface area (Å²) in [5.41, 5.74) is 1.80. The van der Waals surface area contributed by atoms with Gasteiger partial charge in [0.2, 0.25) is 5.91 Å². The molecule has 134 valence electrons. The summed E-state index contributed by atoms with van der Waals surface area (Å²) in [6.07, 6.45) is 1.19. The molecular weight excluding hydrogens is 375 g/mol. The van der Waals surface area contributed by atoms with Gasteiger partial charge in [-0.25, -0.2) is 12.8 Å². The van der Waals surface area contributed by atoms with Crippen molar-refractivity contribution in [2.45, 2.75) is 24.6 Å². The molecule has 5 nitrogen and oxygen atoms in total. The fourth-order valence-corrected chi connectivity index (χ4v) is 6.35. The maximum atomic E-state index is 14.4. The highest BCUT2D eigenvalue weighted by Gasteiger charge is 2.28. The summed E-state index contributed by atoms with van der Waals surface area (Å²) in [6.45, 7) is 1.37. The van der Waals surface area contributed by atoms with Crippen molar-refractivity contribution in [1.82, 2.24) is 5.32 Å². The highest BCUT2D eigenvalue weighted by Crippen LogP contribution is 2.26. The molecule has 1 unspecified atom stereocenters. The molecule has 1 aromatic carbocycles. The van der Waals surface area contributed by atoms with Crippen LogP contribution in [0.25, 0.3) is 0 Å². The number of amides is 1. The topological polar surface area (TPSA) is 75.3 Å². The third-order valence-electron chi connectivity index (χ3n) is 4.12. The summed E-state index contributed by atoms with van der Waals surface area (Å²) >= 11 is 1.32. The van der Waals surface area contributed by atoms with Crippen LogP contribution in [0.5, 0.6) is 0 Å². The summed E-state index contributed by atoms with van der Waals surface area (Å²) in [4.78, 5) is 12.0. The molecule has 1 fully saturated rings. The first-order valence-corrected chi connectivity index (χ1v) is 10.4. The van der Waals surface area contributed by atoms with Crippen LogP contribution in [0.4, 0.5) is 10.1 Å². The number of anilines is 1. The van der Waals surface area contributed by atoms with Crippen molar-refractivity contribution in [3.8, 4) is 0 Å². The van der Waals surface area contributed by atoms with Crippen molar-refractivity contribution in [2.75, 3.05) is 29.1 Å². The molecule has 2 aliphatic rings. The standard InChI is InChI=1S/C15H19FN2O3S2.ClH/c16-15-12-3-5-17-7-10(12)1-2-13(15)18-14(19)8-22-11-4-6-23(20,21)9-11;/h1-2,11,17H,3-9H2,(H,18,19);1H. The van der Waals surface area contributed by atoms with Gasteiger partial charge in [0.05, 0.1) is 22.9 Å². The monoisotopic (exact) mass is 394 g/mol. The van der Waals surface area contributed by atoms with Gasteiger partial charge in [-0.05, 0) is 36.6 Å². The molecule has 2 heterocycles. The van der Waals surface area contributed by atoms with Crippen LogP contribution < -0.4 is 10.6 Å². The van der Waals surface area contributed by atoms with Crippen LogP contribution in [0.2, 0.25) is 0 Å². The molecular formula is C15H20ClFN2O3S2. The van der Waals surface area contributed by atoms with E-state index in [1.807, 2.05) is 6.07 Å². The Labute approximate surface area is 151 Å². The van der Waals surface area contributed by atoms with Gasteiger partial charge in [0, 0.05) is 11.8 Å². The normalized spacial score (nSPS) is 21.6. The molecule has 2 aliphatic heterocycles. The summed E-state index contributed by atoms with van der Waals surface area (Å²) in [5, 5.41) is 5.74. The van der Waals surface area contributed by atoms with Crippen molar-refractivity contribution in [3.05, 3.63) is 29.1 Å². The second-order valence-corrected chi connectivity index (χ2v) is 9.39. The Hall–Kier alpha value is -0.830. The quantitative estimate of drug-likeness (QED) is 0.813. The van der Waals surface area contributed by atoms with Gasteiger partial charge in [-0.3, -0.25) is 4.79 Å². The molecule has 3 rings (SSSR count). The second-order valence-electron chi connectivity index (χ2n) is 5.88. The first kappa shape index (κ1) is 19.5. The zero-order valence-corrected chi connectivity index (χ0v) is 15.5.